The minimum Gasteiger partial charge on any atom is -0.332 e. The van der Waals surface area contributed by atoms with Crippen LogP contribution in [0.1, 0.15) is 53.3 Å². The molecule has 2 N–H and O–H groups in total. The van der Waals surface area contributed by atoms with Crippen molar-refractivity contribution in [3.63, 3.8) is 0 Å². The summed E-state index contributed by atoms with van der Waals surface area (Å²) in [7, 11) is 1.71. The van der Waals surface area contributed by atoms with Crippen LogP contribution in [-0.2, 0) is 39.5 Å². The number of nitrogens with one attached hydrogen (secondary N) is 2. The van der Waals surface area contributed by atoms with Gasteiger partial charge in [0.2, 0.25) is 0 Å². The number of aromatic nitrogens is 4. The number of amides is 2. The molecule has 2 aromatic rings. The highest BCUT2D eigenvalue weighted by atomic mass is 16.2. The van der Waals surface area contributed by atoms with E-state index in [-0.39, 0.29) is 11.6 Å². The smallest absolute Gasteiger partial charge is 0.318 e. The van der Waals surface area contributed by atoms with Crippen molar-refractivity contribution in [1.82, 2.24) is 30.0 Å². The number of fused-ring (bicyclic) bond motifs is 2. The topological polar surface area (TPSA) is 95.9 Å². The lowest BCUT2D eigenvalue weighted by molar-refractivity contribution is 0.197. The standard InChI is InChI=1S/C18H24N6O2/c1-11-20-16-10-24(9-13(16)17(25)23(11)2)18(26)19-8-15-12-6-4-3-5-7-14(12)21-22-15/h3-10H2,1-2H3,(H,19,26)(H,21,22). The normalized spacial score (nSPS) is 16.2. The summed E-state index contributed by atoms with van der Waals surface area (Å²) < 4.78 is 1.53. The fraction of sp³-hybridized carbons (Fsp3) is 0.556. The van der Waals surface area contributed by atoms with Gasteiger partial charge in [0, 0.05) is 12.7 Å². The van der Waals surface area contributed by atoms with Crippen LogP contribution >= 0.6 is 0 Å². The van der Waals surface area contributed by atoms with Gasteiger partial charge in [-0.05, 0) is 38.2 Å². The number of carbonyl (C=O) groups is 1. The number of aryl methyl sites for hydroxylation is 2. The van der Waals surface area contributed by atoms with E-state index >= 15 is 0 Å². The highest BCUT2D eigenvalue weighted by Crippen LogP contribution is 2.22. The van der Waals surface area contributed by atoms with E-state index in [1.54, 1.807) is 18.9 Å². The van der Waals surface area contributed by atoms with Gasteiger partial charge >= 0.3 is 6.03 Å². The summed E-state index contributed by atoms with van der Waals surface area (Å²) in [4.78, 5) is 31.0. The summed E-state index contributed by atoms with van der Waals surface area (Å²) in [5.74, 6) is 0.662. The molecule has 0 saturated carbocycles. The molecule has 26 heavy (non-hydrogen) atoms. The molecule has 1 aliphatic heterocycles. The zero-order valence-corrected chi connectivity index (χ0v) is 15.3. The second-order valence-electron chi connectivity index (χ2n) is 7.15. The van der Waals surface area contributed by atoms with Gasteiger partial charge < -0.3 is 10.2 Å². The first-order valence-electron chi connectivity index (χ1n) is 9.17. The average molecular weight is 356 g/mol. The third-order valence-corrected chi connectivity index (χ3v) is 5.47. The Morgan fingerprint density at radius 3 is 2.85 bits per heavy atom. The molecule has 8 nitrogen and oxygen atoms in total. The number of aromatic amines is 1. The van der Waals surface area contributed by atoms with Gasteiger partial charge in [-0.25, -0.2) is 9.78 Å². The van der Waals surface area contributed by atoms with Crippen LogP contribution < -0.4 is 10.9 Å². The molecular weight excluding hydrogens is 332 g/mol. The Morgan fingerprint density at radius 2 is 2.00 bits per heavy atom. The Kier molecular flexibility index (Phi) is 4.26. The number of carbonyl (C=O) groups excluding carboxylic acids is 1. The maximum Gasteiger partial charge on any atom is 0.318 e. The predicted molar refractivity (Wildman–Crippen MR) is 95.5 cm³/mol. The minimum atomic E-state index is -0.187. The maximum absolute atomic E-state index is 12.6. The Labute approximate surface area is 151 Å². The van der Waals surface area contributed by atoms with E-state index in [1.807, 2.05) is 0 Å². The van der Waals surface area contributed by atoms with Crippen LogP contribution in [0.2, 0.25) is 0 Å². The molecule has 2 amide bonds. The quantitative estimate of drug-likeness (QED) is 0.793. The van der Waals surface area contributed by atoms with Gasteiger partial charge in [-0.2, -0.15) is 5.10 Å². The van der Waals surface area contributed by atoms with Crippen molar-refractivity contribution in [2.24, 2.45) is 7.05 Å². The summed E-state index contributed by atoms with van der Waals surface area (Å²) in [6.07, 6.45) is 5.65. The lowest BCUT2D eigenvalue weighted by Gasteiger charge is -2.15. The van der Waals surface area contributed by atoms with Crippen LogP contribution in [0.5, 0.6) is 0 Å². The van der Waals surface area contributed by atoms with E-state index in [2.05, 4.69) is 20.5 Å². The molecule has 0 radical (unpaired) electrons. The molecule has 2 aliphatic rings. The van der Waals surface area contributed by atoms with E-state index in [0.717, 1.165) is 18.5 Å². The van der Waals surface area contributed by atoms with E-state index in [1.165, 1.54) is 35.1 Å². The summed E-state index contributed by atoms with van der Waals surface area (Å²) in [5.41, 5.74) is 4.65. The van der Waals surface area contributed by atoms with Gasteiger partial charge in [0.1, 0.15) is 5.82 Å². The highest BCUT2D eigenvalue weighted by molar-refractivity contribution is 5.74. The zero-order chi connectivity index (χ0) is 18.3. The molecule has 0 bridgehead atoms. The second kappa shape index (κ2) is 6.59. The van der Waals surface area contributed by atoms with E-state index in [4.69, 9.17) is 0 Å². The van der Waals surface area contributed by atoms with Gasteiger partial charge in [0.15, 0.2) is 0 Å². The number of nitrogens with zero attached hydrogens (tertiary/aromatic N) is 4. The number of rotatable bonds is 2. The van der Waals surface area contributed by atoms with E-state index in [9.17, 15) is 9.59 Å². The Morgan fingerprint density at radius 1 is 1.19 bits per heavy atom. The van der Waals surface area contributed by atoms with Crippen LogP contribution in [-0.4, -0.2) is 30.7 Å². The molecule has 0 unspecified atom stereocenters. The molecule has 8 heteroatoms. The van der Waals surface area contributed by atoms with Crippen molar-refractivity contribution < 1.29 is 4.79 Å². The molecule has 4 rings (SSSR count). The molecule has 0 fully saturated rings. The molecule has 0 aromatic carbocycles. The summed E-state index contributed by atoms with van der Waals surface area (Å²) in [6.45, 7) is 2.88. The van der Waals surface area contributed by atoms with E-state index < -0.39 is 0 Å². The van der Waals surface area contributed by atoms with Crippen LogP contribution in [0.3, 0.4) is 0 Å². The lowest BCUT2D eigenvalue weighted by atomic mass is 10.1. The number of urea groups is 1. The van der Waals surface area contributed by atoms with Gasteiger partial charge in [-0.1, -0.05) is 6.42 Å². The number of H-pyrrole nitrogens is 1. The molecule has 0 spiro atoms. The largest absolute Gasteiger partial charge is 0.332 e. The summed E-state index contributed by atoms with van der Waals surface area (Å²) in [5, 5.41) is 10.5. The molecule has 0 saturated heterocycles. The van der Waals surface area contributed by atoms with E-state index in [0.29, 0.717) is 36.7 Å². The summed E-state index contributed by atoms with van der Waals surface area (Å²) >= 11 is 0. The van der Waals surface area contributed by atoms with Gasteiger partial charge in [0.05, 0.1) is 36.6 Å². The van der Waals surface area contributed by atoms with Gasteiger partial charge in [-0.3, -0.25) is 14.5 Å². The first kappa shape index (κ1) is 16.8. The lowest BCUT2D eigenvalue weighted by Crippen LogP contribution is -2.36. The monoisotopic (exact) mass is 356 g/mol. The Hall–Kier alpha value is -2.64. The van der Waals surface area contributed by atoms with Crippen LogP contribution in [0, 0.1) is 6.92 Å². The van der Waals surface area contributed by atoms with Crippen molar-refractivity contribution in [1.29, 1.82) is 0 Å². The number of hydrogen-bond donors (Lipinski definition) is 2. The first-order valence-corrected chi connectivity index (χ1v) is 9.17. The van der Waals surface area contributed by atoms with Crippen LogP contribution in [0.4, 0.5) is 4.79 Å². The molecule has 3 heterocycles. The van der Waals surface area contributed by atoms with Crippen molar-refractivity contribution in [3.8, 4) is 0 Å². The molecular formula is C18H24N6O2. The predicted octanol–water partition coefficient (Wildman–Crippen LogP) is 1.31. The molecule has 2 aromatic heterocycles. The summed E-state index contributed by atoms with van der Waals surface area (Å²) in [6, 6.07) is -0.187. The number of hydrogen-bond acceptors (Lipinski definition) is 4. The molecule has 1 aliphatic carbocycles. The first-order chi connectivity index (χ1) is 12.5. The fourth-order valence-corrected chi connectivity index (χ4v) is 3.82. The average Bonchev–Trinajstić information content (AvgIpc) is 3.15. The highest BCUT2D eigenvalue weighted by Gasteiger charge is 2.28. The fourth-order valence-electron chi connectivity index (χ4n) is 3.82. The van der Waals surface area contributed by atoms with Gasteiger partial charge in [-0.15, -0.1) is 0 Å². The van der Waals surface area contributed by atoms with Crippen LogP contribution in [0.25, 0.3) is 0 Å². The van der Waals surface area contributed by atoms with Crippen molar-refractivity contribution >= 4 is 6.03 Å². The van der Waals surface area contributed by atoms with Gasteiger partial charge in [0.25, 0.3) is 5.56 Å². The third-order valence-electron chi connectivity index (χ3n) is 5.47. The zero-order valence-electron chi connectivity index (χ0n) is 15.3. The molecule has 138 valence electrons. The Bertz CT molecular complexity index is 913. The van der Waals surface area contributed by atoms with Crippen molar-refractivity contribution in [2.45, 2.75) is 58.7 Å². The third kappa shape index (κ3) is 2.89. The SMILES string of the molecule is Cc1nc2c(c(=O)n1C)CN(C(=O)NCc1n[nH]c3c1CCCCC3)C2. The maximum atomic E-state index is 12.6. The molecule has 0 atom stereocenters. The van der Waals surface area contributed by atoms with Crippen LogP contribution in [0.15, 0.2) is 4.79 Å². The second-order valence-corrected chi connectivity index (χ2v) is 7.15. The van der Waals surface area contributed by atoms with Crippen molar-refractivity contribution in [3.05, 3.63) is 44.4 Å². The van der Waals surface area contributed by atoms with Crippen molar-refractivity contribution in [2.75, 3.05) is 0 Å². The minimum absolute atomic E-state index is 0.0691. The Balaban J connectivity index is 1.43.